The van der Waals surface area contributed by atoms with E-state index in [0.29, 0.717) is 35.3 Å². The number of hydrogen-bond donors (Lipinski definition) is 2. The predicted molar refractivity (Wildman–Crippen MR) is 75.4 cm³/mol. The topological polar surface area (TPSA) is 41.5 Å². The summed E-state index contributed by atoms with van der Waals surface area (Å²) in [6, 6.07) is 5.07. The van der Waals surface area contributed by atoms with E-state index >= 15 is 0 Å². The van der Waals surface area contributed by atoms with Crippen molar-refractivity contribution in [1.82, 2.24) is 5.32 Å². The lowest BCUT2D eigenvalue weighted by atomic mass is 10.1. The van der Waals surface area contributed by atoms with Crippen molar-refractivity contribution < 1.29 is 9.84 Å². The van der Waals surface area contributed by atoms with Crippen molar-refractivity contribution in [2.24, 2.45) is 0 Å². The molecule has 0 spiro atoms. The first kappa shape index (κ1) is 15.7. The molecule has 0 saturated heterocycles. The predicted octanol–water partition coefficient (Wildman–Crippen LogP) is 3.04. The van der Waals surface area contributed by atoms with E-state index in [0.717, 1.165) is 0 Å². The summed E-state index contributed by atoms with van der Waals surface area (Å²) in [6.45, 7) is 5.72. The number of ether oxygens (including phenoxy) is 1. The molecule has 1 aromatic carbocycles. The lowest BCUT2D eigenvalue weighted by Crippen LogP contribution is -2.30. The minimum atomic E-state index is -0.676. The van der Waals surface area contributed by atoms with E-state index in [1.54, 1.807) is 18.2 Å². The molecule has 5 heteroatoms. The number of aliphatic hydroxyl groups excluding tert-OH is 1. The van der Waals surface area contributed by atoms with Crippen molar-refractivity contribution in [3.8, 4) is 0 Å². The van der Waals surface area contributed by atoms with Gasteiger partial charge in [-0.2, -0.15) is 0 Å². The molecule has 0 amide bonds. The second kappa shape index (κ2) is 7.97. The van der Waals surface area contributed by atoms with Crippen LogP contribution in [0, 0.1) is 0 Å². The van der Waals surface area contributed by atoms with E-state index < -0.39 is 6.10 Å². The first-order valence-corrected chi connectivity index (χ1v) is 6.75. The average Bonchev–Trinajstić information content (AvgIpc) is 2.32. The zero-order valence-electron chi connectivity index (χ0n) is 10.6. The minimum Gasteiger partial charge on any atom is -0.387 e. The zero-order chi connectivity index (χ0) is 13.5. The molecule has 1 rings (SSSR count). The van der Waals surface area contributed by atoms with E-state index in [9.17, 15) is 5.11 Å². The van der Waals surface area contributed by atoms with Crippen LogP contribution in [0.4, 0.5) is 0 Å². The number of nitrogens with one attached hydrogen (secondary N) is 1. The largest absolute Gasteiger partial charge is 0.387 e. The molecular weight excluding hydrogens is 273 g/mol. The highest BCUT2D eigenvalue weighted by Crippen LogP contribution is 2.25. The van der Waals surface area contributed by atoms with Crippen LogP contribution >= 0.6 is 23.2 Å². The van der Waals surface area contributed by atoms with Crippen molar-refractivity contribution in [3.05, 3.63) is 33.8 Å². The summed E-state index contributed by atoms with van der Waals surface area (Å²) in [5.74, 6) is 0. The second-order valence-corrected chi connectivity index (χ2v) is 4.95. The maximum absolute atomic E-state index is 10.0. The average molecular weight is 292 g/mol. The first-order chi connectivity index (χ1) is 8.54. The summed E-state index contributed by atoms with van der Waals surface area (Å²) < 4.78 is 5.38. The smallest absolute Gasteiger partial charge is 0.0929 e. The summed E-state index contributed by atoms with van der Waals surface area (Å²) in [7, 11) is 0. The Bertz CT molecular complexity index is 374. The van der Waals surface area contributed by atoms with Crippen LogP contribution in [0.2, 0.25) is 10.0 Å². The van der Waals surface area contributed by atoms with Gasteiger partial charge in [-0.25, -0.2) is 0 Å². The third kappa shape index (κ3) is 5.12. The Morgan fingerprint density at radius 3 is 2.72 bits per heavy atom. The van der Waals surface area contributed by atoms with Gasteiger partial charge in [-0.3, -0.25) is 0 Å². The second-order valence-electron chi connectivity index (χ2n) is 4.11. The highest BCUT2D eigenvalue weighted by molar-refractivity contribution is 6.33. The van der Waals surface area contributed by atoms with Crippen LogP contribution in [-0.2, 0) is 4.74 Å². The number of aliphatic hydroxyl groups is 1. The molecule has 0 radical (unpaired) electrons. The van der Waals surface area contributed by atoms with Crippen molar-refractivity contribution >= 4 is 23.2 Å². The molecule has 2 unspecified atom stereocenters. The van der Waals surface area contributed by atoms with Crippen LogP contribution in [0.1, 0.15) is 25.5 Å². The standard InChI is InChI=1S/C13H19Cl2NO2/c1-3-18-9(2)7-16-8-13(17)11-6-10(14)4-5-12(11)15/h4-6,9,13,16-17H,3,7-8H2,1-2H3. The Kier molecular flexibility index (Phi) is 6.97. The molecule has 3 nitrogen and oxygen atoms in total. The highest BCUT2D eigenvalue weighted by atomic mass is 35.5. The Balaban J connectivity index is 2.45. The van der Waals surface area contributed by atoms with Crippen LogP contribution < -0.4 is 5.32 Å². The SMILES string of the molecule is CCOC(C)CNCC(O)c1cc(Cl)ccc1Cl. The van der Waals surface area contributed by atoms with Crippen LogP contribution in [0.15, 0.2) is 18.2 Å². The molecule has 2 N–H and O–H groups in total. The van der Waals surface area contributed by atoms with E-state index in [1.807, 2.05) is 13.8 Å². The van der Waals surface area contributed by atoms with E-state index in [2.05, 4.69) is 5.32 Å². The van der Waals surface area contributed by atoms with Crippen molar-refractivity contribution in [3.63, 3.8) is 0 Å². The molecular formula is C13H19Cl2NO2. The molecule has 0 aromatic heterocycles. The number of hydrogen-bond acceptors (Lipinski definition) is 3. The van der Waals surface area contributed by atoms with E-state index in [-0.39, 0.29) is 6.10 Å². The van der Waals surface area contributed by atoms with Gasteiger partial charge in [-0.1, -0.05) is 23.2 Å². The summed E-state index contributed by atoms with van der Waals surface area (Å²) in [6.07, 6.45) is -0.554. The van der Waals surface area contributed by atoms with E-state index in [1.165, 1.54) is 0 Å². The van der Waals surface area contributed by atoms with Crippen molar-refractivity contribution in [2.75, 3.05) is 19.7 Å². The zero-order valence-corrected chi connectivity index (χ0v) is 12.1. The van der Waals surface area contributed by atoms with Crippen LogP contribution in [0.25, 0.3) is 0 Å². The molecule has 0 aliphatic rings. The number of benzene rings is 1. The first-order valence-electron chi connectivity index (χ1n) is 6.00. The molecule has 0 aliphatic heterocycles. The molecule has 0 saturated carbocycles. The third-order valence-corrected chi connectivity index (χ3v) is 3.12. The Hall–Kier alpha value is -0.320. The van der Waals surface area contributed by atoms with Gasteiger partial charge < -0.3 is 15.2 Å². The van der Waals surface area contributed by atoms with Crippen LogP contribution in [0.5, 0.6) is 0 Å². The van der Waals surface area contributed by atoms with E-state index in [4.69, 9.17) is 27.9 Å². The maximum Gasteiger partial charge on any atom is 0.0929 e. The number of rotatable bonds is 7. The molecule has 0 heterocycles. The summed E-state index contributed by atoms with van der Waals surface area (Å²) in [5, 5.41) is 14.2. The van der Waals surface area contributed by atoms with Crippen molar-refractivity contribution in [2.45, 2.75) is 26.1 Å². The Morgan fingerprint density at radius 1 is 1.33 bits per heavy atom. The molecule has 0 fully saturated rings. The molecule has 1 aromatic rings. The van der Waals surface area contributed by atoms with Gasteiger partial charge >= 0.3 is 0 Å². The Labute approximate surface area is 118 Å². The monoisotopic (exact) mass is 291 g/mol. The third-order valence-electron chi connectivity index (χ3n) is 2.54. The van der Waals surface area contributed by atoms with Gasteiger partial charge in [0.1, 0.15) is 0 Å². The minimum absolute atomic E-state index is 0.122. The fraction of sp³-hybridized carbons (Fsp3) is 0.538. The lowest BCUT2D eigenvalue weighted by molar-refractivity contribution is 0.0723. The molecule has 102 valence electrons. The molecule has 18 heavy (non-hydrogen) atoms. The quantitative estimate of drug-likeness (QED) is 0.811. The lowest BCUT2D eigenvalue weighted by Gasteiger charge is -2.16. The van der Waals surface area contributed by atoms with Gasteiger partial charge in [0.05, 0.1) is 12.2 Å². The van der Waals surface area contributed by atoms with Gasteiger partial charge in [0.2, 0.25) is 0 Å². The van der Waals surface area contributed by atoms with Crippen LogP contribution in [0.3, 0.4) is 0 Å². The van der Waals surface area contributed by atoms with Gasteiger partial charge in [0, 0.05) is 35.3 Å². The van der Waals surface area contributed by atoms with Gasteiger partial charge in [0.15, 0.2) is 0 Å². The summed E-state index contributed by atoms with van der Waals surface area (Å²) in [4.78, 5) is 0. The van der Waals surface area contributed by atoms with Crippen LogP contribution in [-0.4, -0.2) is 30.9 Å². The molecule has 0 bridgehead atoms. The fourth-order valence-corrected chi connectivity index (χ4v) is 2.07. The highest BCUT2D eigenvalue weighted by Gasteiger charge is 2.12. The molecule has 2 atom stereocenters. The maximum atomic E-state index is 10.0. The van der Waals surface area contributed by atoms with Crippen molar-refractivity contribution in [1.29, 1.82) is 0 Å². The van der Waals surface area contributed by atoms with Gasteiger partial charge in [-0.05, 0) is 32.0 Å². The fourth-order valence-electron chi connectivity index (χ4n) is 1.65. The van der Waals surface area contributed by atoms with Gasteiger partial charge in [0.25, 0.3) is 0 Å². The van der Waals surface area contributed by atoms with Gasteiger partial charge in [-0.15, -0.1) is 0 Å². The summed E-state index contributed by atoms with van der Waals surface area (Å²) in [5.41, 5.74) is 0.640. The summed E-state index contributed by atoms with van der Waals surface area (Å²) >= 11 is 11.9. The number of halogens is 2. The Morgan fingerprint density at radius 2 is 2.06 bits per heavy atom. The normalized spacial score (nSPS) is 14.5. The molecule has 0 aliphatic carbocycles.